The molecule has 1 aromatic heterocycles. The molecule has 8 heteroatoms. The van der Waals surface area contributed by atoms with E-state index in [2.05, 4.69) is 15.6 Å². The number of hydrogen-bond acceptors (Lipinski definition) is 4. The Labute approximate surface area is 176 Å². The third-order valence-electron chi connectivity index (χ3n) is 5.34. The van der Waals surface area contributed by atoms with Gasteiger partial charge in [-0.05, 0) is 39.0 Å². The van der Waals surface area contributed by atoms with Crippen LogP contribution in [0, 0.1) is 13.8 Å². The lowest BCUT2D eigenvalue weighted by Crippen LogP contribution is -2.52. The molecule has 1 aliphatic heterocycles. The summed E-state index contributed by atoms with van der Waals surface area (Å²) in [6.45, 7) is 9.01. The molecular formula is C22H29N5O3. The molecule has 3 rings (SSSR count). The van der Waals surface area contributed by atoms with E-state index in [1.165, 1.54) is 0 Å². The van der Waals surface area contributed by atoms with Gasteiger partial charge in [0, 0.05) is 55.2 Å². The number of urea groups is 1. The number of aryl methyl sites for hydroxylation is 1. The van der Waals surface area contributed by atoms with Crippen LogP contribution in [0.3, 0.4) is 0 Å². The summed E-state index contributed by atoms with van der Waals surface area (Å²) in [6.07, 6.45) is 0. The lowest BCUT2D eigenvalue weighted by atomic mass is 10.1. The Morgan fingerprint density at radius 2 is 1.67 bits per heavy atom. The first-order valence-corrected chi connectivity index (χ1v) is 10.2. The van der Waals surface area contributed by atoms with Crippen LogP contribution < -0.4 is 10.7 Å². The van der Waals surface area contributed by atoms with Gasteiger partial charge in [-0.25, -0.2) is 4.79 Å². The molecule has 0 spiro atoms. The van der Waals surface area contributed by atoms with Crippen molar-refractivity contribution in [1.29, 1.82) is 0 Å². The van der Waals surface area contributed by atoms with Gasteiger partial charge < -0.3 is 10.2 Å². The second-order valence-electron chi connectivity index (χ2n) is 7.45. The number of carbonyl (C=O) groups excluding carboxylic acids is 3. The van der Waals surface area contributed by atoms with E-state index in [1.54, 1.807) is 21.7 Å². The minimum Gasteiger partial charge on any atom is -0.338 e. The normalized spacial score (nSPS) is 14.4. The Morgan fingerprint density at radius 1 is 1.00 bits per heavy atom. The lowest BCUT2D eigenvalue weighted by molar-refractivity contribution is 0.0877. The highest BCUT2D eigenvalue weighted by atomic mass is 16.2. The first kappa shape index (κ1) is 21.6. The summed E-state index contributed by atoms with van der Waals surface area (Å²) in [5.41, 5.74) is 5.53. The van der Waals surface area contributed by atoms with E-state index in [4.69, 9.17) is 0 Å². The van der Waals surface area contributed by atoms with Gasteiger partial charge in [0.1, 0.15) is 0 Å². The largest absolute Gasteiger partial charge is 0.338 e. The number of nitrogens with zero attached hydrogens (tertiary/aromatic N) is 3. The molecule has 1 aliphatic rings. The van der Waals surface area contributed by atoms with Gasteiger partial charge in [0.05, 0.1) is 6.54 Å². The third-order valence-corrected chi connectivity index (χ3v) is 5.34. The minimum absolute atomic E-state index is 0.00905. The minimum atomic E-state index is -0.224. The van der Waals surface area contributed by atoms with E-state index in [0.717, 1.165) is 5.69 Å². The molecule has 0 saturated carbocycles. The van der Waals surface area contributed by atoms with Crippen molar-refractivity contribution >= 4 is 17.7 Å². The molecule has 8 nitrogen and oxygen atoms in total. The number of nitrogens with one attached hydrogen (secondary N) is 2. The van der Waals surface area contributed by atoms with Gasteiger partial charge in [0.2, 0.25) is 0 Å². The van der Waals surface area contributed by atoms with Crippen LogP contribution in [0.2, 0.25) is 0 Å². The van der Waals surface area contributed by atoms with Crippen molar-refractivity contribution in [3.8, 4) is 0 Å². The predicted molar refractivity (Wildman–Crippen MR) is 115 cm³/mol. The molecule has 0 radical (unpaired) electrons. The number of hydrogen-bond donors (Lipinski definition) is 2. The van der Waals surface area contributed by atoms with Gasteiger partial charge in [0.15, 0.2) is 5.78 Å². The average Bonchev–Trinajstić information content (AvgIpc) is 3.03. The van der Waals surface area contributed by atoms with Crippen molar-refractivity contribution in [1.82, 2.24) is 19.8 Å². The Bertz CT molecular complexity index is 914. The van der Waals surface area contributed by atoms with E-state index in [0.29, 0.717) is 56.1 Å². The maximum absolute atomic E-state index is 12.9. The molecule has 2 aromatic rings. The van der Waals surface area contributed by atoms with Crippen LogP contribution in [0.25, 0.3) is 0 Å². The Balaban J connectivity index is 1.61. The molecule has 0 aliphatic carbocycles. The molecule has 0 unspecified atom stereocenters. The maximum atomic E-state index is 12.9. The van der Waals surface area contributed by atoms with Crippen LogP contribution in [-0.4, -0.2) is 71.5 Å². The summed E-state index contributed by atoms with van der Waals surface area (Å²) < 4.78 is 1.66. The number of piperazine rings is 1. The Hall–Kier alpha value is -3.13. The second-order valence-corrected chi connectivity index (χ2v) is 7.45. The zero-order valence-corrected chi connectivity index (χ0v) is 17.8. The van der Waals surface area contributed by atoms with E-state index >= 15 is 0 Å². The molecule has 1 fully saturated rings. The van der Waals surface area contributed by atoms with E-state index in [1.807, 2.05) is 45.0 Å². The number of aromatic nitrogens is 1. The molecule has 160 valence electrons. The van der Waals surface area contributed by atoms with Crippen molar-refractivity contribution in [2.75, 3.05) is 44.7 Å². The van der Waals surface area contributed by atoms with Gasteiger partial charge in [-0.2, -0.15) is 0 Å². The van der Waals surface area contributed by atoms with Gasteiger partial charge in [0.25, 0.3) is 5.91 Å². The molecular weight excluding hydrogens is 382 g/mol. The highest BCUT2D eigenvalue weighted by Crippen LogP contribution is 2.16. The van der Waals surface area contributed by atoms with Crippen LogP contribution in [0.15, 0.2) is 36.4 Å². The Kier molecular flexibility index (Phi) is 6.89. The van der Waals surface area contributed by atoms with E-state index in [9.17, 15) is 14.4 Å². The monoisotopic (exact) mass is 411 g/mol. The van der Waals surface area contributed by atoms with Crippen molar-refractivity contribution in [2.24, 2.45) is 0 Å². The predicted octanol–water partition coefficient (Wildman–Crippen LogP) is 2.02. The average molecular weight is 412 g/mol. The molecule has 2 heterocycles. The zero-order chi connectivity index (χ0) is 21.7. The van der Waals surface area contributed by atoms with Crippen LogP contribution in [0.5, 0.6) is 0 Å². The fraction of sp³-hybridized carbons (Fsp3) is 0.409. The second kappa shape index (κ2) is 9.58. The standard InChI is InChI=1S/C22H29N5O3/c1-4-23-22(30)26-12-10-25(11-13-26)15-20(28)19-14-16(2)27(17(19)3)24-21(29)18-8-6-5-7-9-18/h5-9,14H,4,10-13,15H2,1-3H3,(H,23,30)(H,24,29). The maximum Gasteiger partial charge on any atom is 0.317 e. The lowest BCUT2D eigenvalue weighted by Gasteiger charge is -2.34. The van der Waals surface area contributed by atoms with Crippen molar-refractivity contribution < 1.29 is 14.4 Å². The number of benzene rings is 1. The third kappa shape index (κ3) is 4.88. The fourth-order valence-electron chi connectivity index (χ4n) is 3.63. The quantitative estimate of drug-likeness (QED) is 0.712. The molecule has 30 heavy (non-hydrogen) atoms. The number of ketones is 1. The Morgan fingerprint density at radius 3 is 2.30 bits per heavy atom. The number of rotatable bonds is 6. The summed E-state index contributed by atoms with van der Waals surface area (Å²) in [5, 5.41) is 2.80. The zero-order valence-electron chi connectivity index (χ0n) is 17.8. The van der Waals surface area contributed by atoms with Gasteiger partial charge in [-0.15, -0.1) is 0 Å². The van der Waals surface area contributed by atoms with Crippen LogP contribution in [0.4, 0.5) is 4.79 Å². The summed E-state index contributed by atoms with van der Waals surface area (Å²) in [4.78, 5) is 41.1. The topological polar surface area (TPSA) is 86.7 Å². The molecule has 3 amide bonds. The smallest absolute Gasteiger partial charge is 0.317 e. The van der Waals surface area contributed by atoms with Crippen molar-refractivity contribution in [3.63, 3.8) is 0 Å². The van der Waals surface area contributed by atoms with Gasteiger partial charge in [-0.3, -0.25) is 24.6 Å². The highest BCUT2D eigenvalue weighted by Gasteiger charge is 2.24. The SMILES string of the molecule is CCNC(=O)N1CCN(CC(=O)c2cc(C)n(NC(=O)c3ccccc3)c2C)CC1. The number of carbonyl (C=O) groups is 3. The molecule has 1 aromatic carbocycles. The van der Waals surface area contributed by atoms with Crippen LogP contribution in [-0.2, 0) is 0 Å². The molecule has 1 saturated heterocycles. The number of Topliss-reactive ketones (excluding diaryl/α,β-unsaturated/α-hetero) is 1. The van der Waals surface area contributed by atoms with Gasteiger partial charge >= 0.3 is 6.03 Å². The summed E-state index contributed by atoms with van der Waals surface area (Å²) in [5.74, 6) is -0.215. The molecule has 0 atom stereocenters. The van der Waals surface area contributed by atoms with Gasteiger partial charge in [-0.1, -0.05) is 18.2 Å². The summed E-state index contributed by atoms with van der Waals surface area (Å²) >= 11 is 0. The molecule has 2 N–H and O–H groups in total. The summed E-state index contributed by atoms with van der Waals surface area (Å²) in [7, 11) is 0. The summed E-state index contributed by atoms with van der Waals surface area (Å²) in [6, 6.07) is 10.7. The van der Waals surface area contributed by atoms with E-state index < -0.39 is 0 Å². The number of amides is 3. The van der Waals surface area contributed by atoms with Crippen LogP contribution >= 0.6 is 0 Å². The van der Waals surface area contributed by atoms with Crippen molar-refractivity contribution in [3.05, 3.63) is 58.9 Å². The first-order chi connectivity index (χ1) is 14.4. The van der Waals surface area contributed by atoms with E-state index in [-0.39, 0.29) is 17.7 Å². The van der Waals surface area contributed by atoms with Crippen molar-refractivity contribution in [2.45, 2.75) is 20.8 Å². The van der Waals surface area contributed by atoms with Crippen LogP contribution in [0.1, 0.15) is 39.0 Å². The molecule has 0 bridgehead atoms. The first-order valence-electron chi connectivity index (χ1n) is 10.2. The fourth-order valence-corrected chi connectivity index (χ4v) is 3.63. The highest BCUT2D eigenvalue weighted by molar-refractivity contribution is 6.01.